The minimum Gasteiger partial charge on any atom is -0.464 e. The standard InChI is InChI=1S/C20H37NO2/c1-3-21(4-2)14-15-23-20(22)19(18-12-8-9-13-18)16-17-10-6-5-7-11-17/h17-19H,3-16H2,1-2H3. The van der Waals surface area contributed by atoms with Crippen LogP contribution in [-0.4, -0.2) is 37.1 Å². The molecule has 1 unspecified atom stereocenters. The minimum atomic E-state index is 0.106. The summed E-state index contributed by atoms with van der Waals surface area (Å²) in [7, 11) is 0. The Labute approximate surface area is 143 Å². The van der Waals surface area contributed by atoms with Gasteiger partial charge in [-0.2, -0.15) is 0 Å². The Morgan fingerprint density at radius 2 is 1.61 bits per heavy atom. The van der Waals surface area contributed by atoms with Crippen molar-refractivity contribution in [3.05, 3.63) is 0 Å². The number of esters is 1. The second-order valence-corrected chi connectivity index (χ2v) is 7.59. The van der Waals surface area contributed by atoms with Crippen molar-refractivity contribution >= 4 is 5.97 Å². The van der Waals surface area contributed by atoms with Crippen molar-refractivity contribution in [1.82, 2.24) is 4.90 Å². The summed E-state index contributed by atoms with van der Waals surface area (Å²) in [5.74, 6) is 1.65. The van der Waals surface area contributed by atoms with Crippen LogP contribution in [0.15, 0.2) is 0 Å². The zero-order valence-electron chi connectivity index (χ0n) is 15.4. The molecule has 3 heteroatoms. The van der Waals surface area contributed by atoms with E-state index in [9.17, 15) is 4.79 Å². The summed E-state index contributed by atoms with van der Waals surface area (Å²) in [4.78, 5) is 15.0. The van der Waals surface area contributed by atoms with Gasteiger partial charge in [0.05, 0.1) is 5.92 Å². The number of ether oxygens (including phenoxy) is 1. The summed E-state index contributed by atoms with van der Waals surface area (Å²) in [5.41, 5.74) is 0. The molecular weight excluding hydrogens is 286 g/mol. The molecule has 0 aromatic heterocycles. The first-order chi connectivity index (χ1) is 11.2. The van der Waals surface area contributed by atoms with Gasteiger partial charge in [0.2, 0.25) is 0 Å². The predicted molar refractivity (Wildman–Crippen MR) is 95.4 cm³/mol. The number of rotatable bonds is 9. The molecule has 2 fully saturated rings. The van der Waals surface area contributed by atoms with Gasteiger partial charge in [-0.15, -0.1) is 0 Å². The monoisotopic (exact) mass is 323 g/mol. The lowest BCUT2D eigenvalue weighted by Crippen LogP contribution is -2.31. The van der Waals surface area contributed by atoms with Gasteiger partial charge in [0.25, 0.3) is 0 Å². The first kappa shape index (κ1) is 18.8. The average Bonchev–Trinajstić information content (AvgIpc) is 3.11. The lowest BCUT2D eigenvalue weighted by molar-refractivity contribution is -0.151. The van der Waals surface area contributed by atoms with Crippen LogP contribution in [0.5, 0.6) is 0 Å². The molecule has 0 aliphatic heterocycles. The Bertz CT molecular complexity index is 329. The normalized spacial score (nSPS) is 21.7. The molecule has 2 rings (SSSR count). The summed E-state index contributed by atoms with van der Waals surface area (Å²) in [6, 6.07) is 0. The van der Waals surface area contributed by atoms with E-state index in [0.717, 1.165) is 32.0 Å². The summed E-state index contributed by atoms with van der Waals surface area (Å²) in [6.45, 7) is 7.82. The van der Waals surface area contributed by atoms with Crippen molar-refractivity contribution in [1.29, 1.82) is 0 Å². The molecule has 23 heavy (non-hydrogen) atoms. The Kier molecular flexibility index (Phi) is 8.43. The van der Waals surface area contributed by atoms with Crippen molar-refractivity contribution in [3.8, 4) is 0 Å². The van der Waals surface area contributed by atoms with Gasteiger partial charge in [0.15, 0.2) is 0 Å². The van der Waals surface area contributed by atoms with Crippen LogP contribution >= 0.6 is 0 Å². The highest BCUT2D eigenvalue weighted by Crippen LogP contribution is 2.38. The molecule has 0 spiro atoms. The van der Waals surface area contributed by atoms with Crippen molar-refractivity contribution < 1.29 is 9.53 Å². The largest absolute Gasteiger partial charge is 0.464 e. The number of hydrogen-bond acceptors (Lipinski definition) is 3. The zero-order chi connectivity index (χ0) is 16.5. The molecule has 2 aliphatic rings. The van der Waals surface area contributed by atoms with Crippen LogP contribution in [0.1, 0.15) is 78.1 Å². The van der Waals surface area contributed by atoms with Crippen LogP contribution in [0.2, 0.25) is 0 Å². The fourth-order valence-electron chi connectivity index (χ4n) is 4.55. The molecular formula is C20H37NO2. The van der Waals surface area contributed by atoms with Gasteiger partial charge in [-0.3, -0.25) is 4.79 Å². The summed E-state index contributed by atoms with van der Waals surface area (Å²) in [5, 5.41) is 0. The Hall–Kier alpha value is -0.570. The van der Waals surface area contributed by atoms with E-state index in [1.807, 2.05) is 0 Å². The van der Waals surface area contributed by atoms with E-state index in [1.165, 1.54) is 57.8 Å². The maximum Gasteiger partial charge on any atom is 0.309 e. The SMILES string of the molecule is CCN(CC)CCOC(=O)C(CC1CCCCC1)C1CCCC1. The third-order valence-electron chi connectivity index (χ3n) is 6.13. The number of carbonyl (C=O) groups excluding carboxylic acids is 1. The molecule has 0 N–H and O–H groups in total. The fraction of sp³-hybridized carbons (Fsp3) is 0.950. The Balaban J connectivity index is 1.83. The van der Waals surface area contributed by atoms with Gasteiger partial charge in [-0.25, -0.2) is 0 Å². The Morgan fingerprint density at radius 1 is 1.00 bits per heavy atom. The zero-order valence-corrected chi connectivity index (χ0v) is 15.4. The summed E-state index contributed by atoms with van der Waals surface area (Å²) >= 11 is 0. The van der Waals surface area contributed by atoms with Gasteiger partial charge in [0.1, 0.15) is 6.61 Å². The van der Waals surface area contributed by atoms with E-state index < -0.39 is 0 Å². The highest BCUT2D eigenvalue weighted by Gasteiger charge is 2.34. The second-order valence-electron chi connectivity index (χ2n) is 7.59. The van der Waals surface area contributed by atoms with Gasteiger partial charge in [-0.1, -0.05) is 58.8 Å². The number of likely N-dealkylation sites (N-methyl/N-ethyl adjacent to an activating group) is 1. The molecule has 0 radical (unpaired) electrons. The number of nitrogens with zero attached hydrogens (tertiary/aromatic N) is 1. The molecule has 1 atom stereocenters. The number of hydrogen-bond donors (Lipinski definition) is 0. The lowest BCUT2D eigenvalue weighted by Gasteiger charge is -2.29. The van der Waals surface area contributed by atoms with Gasteiger partial charge in [0, 0.05) is 6.54 Å². The van der Waals surface area contributed by atoms with Crippen molar-refractivity contribution in [2.24, 2.45) is 17.8 Å². The summed E-state index contributed by atoms with van der Waals surface area (Å²) in [6.07, 6.45) is 12.9. The second kappa shape index (κ2) is 10.3. The molecule has 3 nitrogen and oxygen atoms in total. The van der Waals surface area contributed by atoms with E-state index in [-0.39, 0.29) is 11.9 Å². The van der Waals surface area contributed by atoms with E-state index >= 15 is 0 Å². The molecule has 0 aromatic carbocycles. The van der Waals surface area contributed by atoms with E-state index in [2.05, 4.69) is 18.7 Å². The van der Waals surface area contributed by atoms with Crippen LogP contribution in [-0.2, 0) is 9.53 Å². The molecule has 0 amide bonds. The van der Waals surface area contributed by atoms with Gasteiger partial charge in [-0.05, 0) is 44.2 Å². The smallest absolute Gasteiger partial charge is 0.309 e. The topological polar surface area (TPSA) is 29.5 Å². The maximum absolute atomic E-state index is 12.7. The van der Waals surface area contributed by atoms with Crippen LogP contribution in [0, 0.1) is 17.8 Å². The quantitative estimate of drug-likeness (QED) is 0.579. The third-order valence-corrected chi connectivity index (χ3v) is 6.13. The highest BCUT2D eigenvalue weighted by atomic mass is 16.5. The molecule has 134 valence electrons. The van der Waals surface area contributed by atoms with Gasteiger partial charge < -0.3 is 9.64 Å². The molecule has 0 saturated heterocycles. The molecule has 2 saturated carbocycles. The molecule has 0 aromatic rings. The van der Waals surface area contributed by atoms with Crippen molar-refractivity contribution in [3.63, 3.8) is 0 Å². The fourth-order valence-corrected chi connectivity index (χ4v) is 4.55. The van der Waals surface area contributed by atoms with Crippen LogP contribution < -0.4 is 0 Å². The Morgan fingerprint density at radius 3 is 2.22 bits per heavy atom. The molecule has 0 bridgehead atoms. The summed E-state index contributed by atoms with van der Waals surface area (Å²) < 4.78 is 5.71. The third kappa shape index (κ3) is 6.10. The minimum absolute atomic E-state index is 0.106. The van der Waals surface area contributed by atoms with Crippen LogP contribution in [0.3, 0.4) is 0 Å². The van der Waals surface area contributed by atoms with E-state index in [0.29, 0.717) is 12.5 Å². The maximum atomic E-state index is 12.7. The average molecular weight is 324 g/mol. The lowest BCUT2D eigenvalue weighted by atomic mass is 9.78. The molecule has 0 heterocycles. The van der Waals surface area contributed by atoms with Crippen LogP contribution in [0.4, 0.5) is 0 Å². The van der Waals surface area contributed by atoms with E-state index in [1.54, 1.807) is 0 Å². The van der Waals surface area contributed by atoms with Crippen molar-refractivity contribution in [2.45, 2.75) is 78.1 Å². The van der Waals surface area contributed by atoms with Crippen molar-refractivity contribution in [2.75, 3.05) is 26.2 Å². The van der Waals surface area contributed by atoms with Gasteiger partial charge >= 0.3 is 5.97 Å². The van der Waals surface area contributed by atoms with Crippen LogP contribution in [0.25, 0.3) is 0 Å². The highest BCUT2D eigenvalue weighted by molar-refractivity contribution is 5.72. The number of carbonyl (C=O) groups is 1. The molecule has 2 aliphatic carbocycles. The first-order valence-electron chi connectivity index (χ1n) is 10.1. The predicted octanol–water partition coefficient (Wildman–Crippen LogP) is 4.65. The first-order valence-corrected chi connectivity index (χ1v) is 10.1. The van der Waals surface area contributed by atoms with E-state index in [4.69, 9.17) is 4.74 Å².